The van der Waals surface area contributed by atoms with Crippen LogP contribution in [0.25, 0.3) is 0 Å². The third-order valence-electron chi connectivity index (χ3n) is 3.19. The smallest absolute Gasteiger partial charge is 0.347 e. The Balaban J connectivity index is 1.99. The van der Waals surface area contributed by atoms with Gasteiger partial charge in [0.15, 0.2) is 6.10 Å². The molecule has 0 bridgehead atoms. The van der Waals surface area contributed by atoms with Gasteiger partial charge in [0.2, 0.25) is 6.29 Å². The summed E-state index contributed by atoms with van der Waals surface area (Å²) in [6, 6.07) is 16.1. The average Bonchev–Trinajstić information content (AvgIpc) is 2.56. The summed E-state index contributed by atoms with van der Waals surface area (Å²) in [7, 11) is 0. The molecule has 2 rings (SSSR count). The molecule has 113 valence electrons. The first kappa shape index (κ1) is 15.8. The van der Waals surface area contributed by atoms with Crippen molar-refractivity contribution in [2.24, 2.45) is 0 Å². The van der Waals surface area contributed by atoms with Crippen LogP contribution >= 0.6 is 0 Å². The van der Waals surface area contributed by atoms with Gasteiger partial charge in [-0.15, -0.1) is 0 Å². The molecule has 0 fully saturated rings. The van der Waals surface area contributed by atoms with Gasteiger partial charge in [-0.2, -0.15) is 0 Å². The molecule has 2 aromatic rings. The third kappa shape index (κ3) is 3.95. The number of hydrogen-bond donors (Lipinski definition) is 0. The highest BCUT2D eigenvalue weighted by molar-refractivity contribution is 5.80. The van der Waals surface area contributed by atoms with Crippen molar-refractivity contribution >= 4 is 12.3 Å². The lowest BCUT2D eigenvalue weighted by atomic mass is 10.1. The molecule has 0 aromatic heterocycles. The number of carbonyl (C=O) groups excluding carboxylic acids is 2. The fourth-order valence-electron chi connectivity index (χ4n) is 1.95. The Bertz CT molecular complexity index is 637. The first-order valence-electron chi connectivity index (χ1n) is 7.01. The lowest BCUT2D eigenvalue weighted by molar-refractivity contribution is -0.156. The van der Waals surface area contributed by atoms with Gasteiger partial charge in [-0.05, 0) is 31.5 Å². The lowest BCUT2D eigenvalue weighted by Gasteiger charge is -2.18. The standard InChI is InChI=1S/C18H17O4/c1-13(15-8-4-3-5-9-15)22-18(20)14(2)21-17-11-7-6-10-16(17)12-19/h3-11,13-14H,1-2H3. The minimum atomic E-state index is -0.819. The summed E-state index contributed by atoms with van der Waals surface area (Å²) in [5.41, 5.74) is 1.18. The van der Waals surface area contributed by atoms with Crippen LogP contribution in [0.4, 0.5) is 0 Å². The zero-order valence-corrected chi connectivity index (χ0v) is 12.5. The van der Waals surface area contributed by atoms with Crippen LogP contribution < -0.4 is 4.74 Å². The molecule has 4 heteroatoms. The molecule has 0 heterocycles. The number of rotatable bonds is 6. The van der Waals surface area contributed by atoms with Crippen molar-refractivity contribution in [3.8, 4) is 5.75 Å². The van der Waals surface area contributed by atoms with Crippen molar-refractivity contribution in [3.63, 3.8) is 0 Å². The van der Waals surface area contributed by atoms with E-state index < -0.39 is 12.1 Å². The number of esters is 1. The molecule has 0 N–H and O–H groups in total. The number of carbonyl (C=O) groups is 1. The van der Waals surface area contributed by atoms with Gasteiger partial charge in [0.05, 0.1) is 5.56 Å². The van der Waals surface area contributed by atoms with Crippen LogP contribution in [0.15, 0.2) is 54.6 Å². The highest BCUT2D eigenvalue weighted by Crippen LogP contribution is 2.20. The van der Waals surface area contributed by atoms with Crippen LogP contribution in [0.1, 0.15) is 31.1 Å². The van der Waals surface area contributed by atoms with E-state index in [4.69, 9.17) is 9.47 Å². The normalized spacial score (nSPS) is 13.0. The minimum absolute atomic E-state index is 0.276. The van der Waals surface area contributed by atoms with Gasteiger partial charge in [0.25, 0.3) is 0 Å². The molecule has 0 spiro atoms. The summed E-state index contributed by atoms with van der Waals surface area (Å²) in [4.78, 5) is 22.9. The molecule has 2 unspecified atom stereocenters. The molecule has 0 saturated carbocycles. The predicted octanol–water partition coefficient (Wildman–Crippen LogP) is 3.22. The molecule has 0 aliphatic carbocycles. The largest absolute Gasteiger partial charge is 0.478 e. The zero-order chi connectivity index (χ0) is 15.9. The van der Waals surface area contributed by atoms with E-state index in [1.165, 1.54) is 0 Å². The second kappa shape index (κ2) is 7.41. The first-order valence-corrected chi connectivity index (χ1v) is 7.01. The van der Waals surface area contributed by atoms with E-state index in [1.807, 2.05) is 30.3 Å². The zero-order valence-electron chi connectivity index (χ0n) is 12.5. The van der Waals surface area contributed by atoms with Gasteiger partial charge in [-0.25, -0.2) is 4.79 Å². The summed E-state index contributed by atoms with van der Waals surface area (Å²) < 4.78 is 10.9. The second-order valence-corrected chi connectivity index (χ2v) is 4.85. The van der Waals surface area contributed by atoms with Crippen molar-refractivity contribution in [1.82, 2.24) is 0 Å². The predicted molar refractivity (Wildman–Crippen MR) is 82.3 cm³/mol. The molecule has 0 saturated heterocycles. The number of hydrogen-bond acceptors (Lipinski definition) is 4. The SMILES string of the molecule is CC(Oc1ccccc1[C]=O)C(=O)OC(C)c1ccccc1. The van der Waals surface area contributed by atoms with E-state index in [9.17, 15) is 9.59 Å². The Morgan fingerprint density at radius 1 is 1.00 bits per heavy atom. The van der Waals surface area contributed by atoms with Crippen LogP contribution in [-0.2, 0) is 14.3 Å². The Hall–Kier alpha value is -2.62. The summed E-state index contributed by atoms with van der Waals surface area (Å²) in [5, 5.41) is 0. The highest BCUT2D eigenvalue weighted by Gasteiger charge is 2.20. The van der Waals surface area contributed by atoms with Gasteiger partial charge in [0.1, 0.15) is 11.9 Å². The van der Waals surface area contributed by atoms with Crippen molar-refractivity contribution < 1.29 is 19.1 Å². The van der Waals surface area contributed by atoms with Crippen LogP contribution in [0.2, 0.25) is 0 Å². The van der Waals surface area contributed by atoms with Gasteiger partial charge < -0.3 is 9.47 Å². The fourth-order valence-corrected chi connectivity index (χ4v) is 1.95. The molecule has 2 aromatic carbocycles. The van der Waals surface area contributed by atoms with Gasteiger partial charge >= 0.3 is 5.97 Å². The van der Waals surface area contributed by atoms with Crippen LogP contribution in [0.5, 0.6) is 5.75 Å². The van der Waals surface area contributed by atoms with E-state index >= 15 is 0 Å². The summed E-state index contributed by atoms with van der Waals surface area (Å²) >= 11 is 0. The molecule has 1 radical (unpaired) electrons. The molecule has 0 aliphatic heterocycles. The highest BCUT2D eigenvalue weighted by atomic mass is 16.6. The van der Waals surface area contributed by atoms with E-state index in [0.29, 0.717) is 5.75 Å². The minimum Gasteiger partial charge on any atom is -0.478 e. The molecule has 0 amide bonds. The van der Waals surface area contributed by atoms with E-state index in [2.05, 4.69) is 0 Å². The van der Waals surface area contributed by atoms with E-state index in [1.54, 1.807) is 44.4 Å². The average molecular weight is 297 g/mol. The quantitative estimate of drug-likeness (QED) is 0.768. The summed E-state index contributed by atoms with van der Waals surface area (Å²) in [5.74, 6) is -0.175. The molecular weight excluding hydrogens is 280 g/mol. The maximum atomic E-state index is 12.1. The van der Waals surface area contributed by atoms with Crippen molar-refractivity contribution in [2.75, 3.05) is 0 Å². The van der Waals surface area contributed by atoms with Crippen molar-refractivity contribution in [3.05, 3.63) is 65.7 Å². The topological polar surface area (TPSA) is 52.6 Å². The van der Waals surface area contributed by atoms with Crippen LogP contribution in [0, 0.1) is 0 Å². The van der Waals surface area contributed by atoms with E-state index in [0.717, 1.165) is 5.56 Å². The first-order chi connectivity index (χ1) is 10.6. The lowest BCUT2D eigenvalue weighted by Crippen LogP contribution is -2.27. The van der Waals surface area contributed by atoms with Crippen LogP contribution in [0.3, 0.4) is 0 Å². The Kier molecular flexibility index (Phi) is 5.31. The molecule has 4 nitrogen and oxygen atoms in total. The monoisotopic (exact) mass is 297 g/mol. The summed E-state index contributed by atoms with van der Waals surface area (Å²) in [6.45, 7) is 3.38. The molecule has 22 heavy (non-hydrogen) atoms. The number of para-hydroxylation sites is 1. The van der Waals surface area contributed by atoms with Gasteiger partial charge in [0, 0.05) is 0 Å². The van der Waals surface area contributed by atoms with Crippen LogP contribution in [-0.4, -0.2) is 18.4 Å². The molecule has 0 aliphatic rings. The Morgan fingerprint density at radius 3 is 2.32 bits per heavy atom. The van der Waals surface area contributed by atoms with Crippen molar-refractivity contribution in [1.29, 1.82) is 0 Å². The number of benzene rings is 2. The van der Waals surface area contributed by atoms with E-state index in [-0.39, 0.29) is 11.7 Å². The third-order valence-corrected chi connectivity index (χ3v) is 3.19. The van der Waals surface area contributed by atoms with Crippen molar-refractivity contribution in [2.45, 2.75) is 26.1 Å². The Morgan fingerprint density at radius 2 is 1.64 bits per heavy atom. The van der Waals surface area contributed by atoms with Gasteiger partial charge in [-0.3, -0.25) is 4.79 Å². The van der Waals surface area contributed by atoms with Gasteiger partial charge in [-0.1, -0.05) is 42.5 Å². The molecular formula is C18H17O4. The summed E-state index contributed by atoms with van der Waals surface area (Å²) in [6.07, 6.45) is 0.593. The second-order valence-electron chi connectivity index (χ2n) is 4.85. The molecule has 2 atom stereocenters. The fraction of sp³-hybridized carbons (Fsp3) is 0.222. The number of ether oxygens (including phenoxy) is 2. The maximum Gasteiger partial charge on any atom is 0.347 e. The Labute approximate surface area is 129 Å². The maximum absolute atomic E-state index is 12.1.